The smallest absolute Gasteiger partial charge is 0.120 e. The summed E-state index contributed by atoms with van der Waals surface area (Å²) in [4.78, 5) is 0. The Labute approximate surface area is 106 Å². The van der Waals surface area contributed by atoms with E-state index in [0.29, 0.717) is 0 Å². The monoisotopic (exact) mass is 247 g/mol. The molecule has 0 amide bonds. The molecular weight excluding hydrogens is 230 g/mol. The normalized spacial score (nSPS) is 17.5. The highest BCUT2D eigenvalue weighted by molar-refractivity contribution is 7.17. The van der Waals surface area contributed by atoms with Crippen molar-refractivity contribution in [1.29, 1.82) is 0 Å². The van der Waals surface area contributed by atoms with E-state index in [1.165, 1.54) is 28.5 Å². The Kier molecular flexibility index (Phi) is 3.04. The van der Waals surface area contributed by atoms with E-state index in [9.17, 15) is 0 Å². The highest BCUT2D eigenvalue weighted by Crippen LogP contribution is 2.36. The molecule has 3 heteroatoms. The molecule has 1 aromatic carbocycles. The first kappa shape index (κ1) is 11.1. The van der Waals surface area contributed by atoms with Crippen LogP contribution in [-0.2, 0) is 0 Å². The zero-order chi connectivity index (χ0) is 11.7. The number of fused-ring (bicyclic) bond motifs is 1. The number of nitrogens with one attached hydrogen (secondary N) is 1. The van der Waals surface area contributed by atoms with Gasteiger partial charge in [-0.15, -0.1) is 11.3 Å². The third-order valence-corrected chi connectivity index (χ3v) is 4.56. The first-order valence-corrected chi connectivity index (χ1v) is 7.02. The molecule has 3 rings (SSSR count). The summed E-state index contributed by atoms with van der Waals surface area (Å²) in [6.45, 7) is 2.30. The molecule has 1 aliphatic heterocycles. The zero-order valence-electron chi connectivity index (χ0n) is 10.0. The lowest BCUT2D eigenvalue weighted by molar-refractivity contribution is 0.415. The van der Waals surface area contributed by atoms with Gasteiger partial charge in [0.25, 0.3) is 0 Å². The predicted molar refractivity (Wildman–Crippen MR) is 73.2 cm³/mol. The number of hydrogen-bond donors (Lipinski definition) is 1. The molecule has 2 heterocycles. The van der Waals surface area contributed by atoms with E-state index in [-0.39, 0.29) is 0 Å². The molecule has 1 saturated heterocycles. The maximum Gasteiger partial charge on any atom is 0.120 e. The maximum atomic E-state index is 5.27. The molecule has 1 fully saturated rings. The fraction of sp³-hybridized carbons (Fsp3) is 0.429. The van der Waals surface area contributed by atoms with Gasteiger partial charge in [0.2, 0.25) is 0 Å². The van der Waals surface area contributed by atoms with Gasteiger partial charge < -0.3 is 10.1 Å². The number of piperidine rings is 1. The fourth-order valence-electron chi connectivity index (χ4n) is 2.61. The molecular formula is C14H17NOS. The molecule has 0 aliphatic carbocycles. The van der Waals surface area contributed by atoms with Crippen molar-refractivity contribution >= 4 is 21.4 Å². The summed E-state index contributed by atoms with van der Waals surface area (Å²) in [7, 11) is 1.72. The Morgan fingerprint density at radius 2 is 2.12 bits per heavy atom. The summed E-state index contributed by atoms with van der Waals surface area (Å²) in [5, 5.41) is 7.18. The molecule has 0 radical (unpaired) electrons. The van der Waals surface area contributed by atoms with Gasteiger partial charge in [0.05, 0.1) is 7.11 Å². The summed E-state index contributed by atoms with van der Waals surface area (Å²) < 4.78 is 6.62. The van der Waals surface area contributed by atoms with E-state index in [1.54, 1.807) is 7.11 Å². The minimum absolute atomic E-state index is 0.735. The van der Waals surface area contributed by atoms with E-state index in [4.69, 9.17) is 4.74 Å². The molecule has 0 unspecified atom stereocenters. The summed E-state index contributed by atoms with van der Waals surface area (Å²) in [6, 6.07) is 6.42. The van der Waals surface area contributed by atoms with Crippen LogP contribution in [0.4, 0.5) is 0 Å². The van der Waals surface area contributed by atoms with Gasteiger partial charge >= 0.3 is 0 Å². The van der Waals surface area contributed by atoms with Gasteiger partial charge in [0.15, 0.2) is 0 Å². The zero-order valence-corrected chi connectivity index (χ0v) is 10.8. The van der Waals surface area contributed by atoms with Crippen molar-refractivity contribution in [1.82, 2.24) is 5.32 Å². The van der Waals surface area contributed by atoms with Crippen LogP contribution in [0.5, 0.6) is 5.75 Å². The van der Waals surface area contributed by atoms with Crippen LogP contribution in [0.3, 0.4) is 0 Å². The Balaban J connectivity index is 1.99. The van der Waals surface area contributed by atoms with E-state index in [1.807, 2.05) is 11.3 Å². The Hall–Kier alpha value is -1.06. The van der Waals surface area contributed by atoms with Crippen molar-refractivity contribution in [2.45, 2.75) is 18.8 Å². The predicted octanol–water partition coefficient (Wildman–Crippen LogP) is 3.38. The lowest BCUT2D eigenvalue weighted by Gasteiger charge is -2.22. The molecule has 90 valence electrons. The van der Waals surface area contributed by atoms with Crippen molar-refractivity contribution in [3.05, 3.63) is 29.1 Å². The van der Waals surface area contributed by atoms with Crippen LogP contribution in [-0.4, -0.2) is 20.2 Å². The molecule has 2 aromatic rings. The third-order valence-electron chi connectivity index (χ3n) is 3.59. The van der Waals surface area contributed by atoms with E-state index >= 15 is 0 Å². The highest BCUT2D eigenvalue weighted by Gasteiger charge is 2.18. The van der Waals surface area contributed by atoms with E-state index in [2.05, 4.69) is 28.9 Å². The van der Waals surface area contributed by atoms with Crippen LogP contribution < -0.4 is 10.1 Å². The van der Waals surface area contributed by atoms with Gasteiger partial charge in [-0.05, 0) is 66.4 Å². The summed E-state index contributed by atoms with van der Waals surface area (Å²) in [6.07, 6.45) is 2.52. The fourth-order valence-corrected chi connectivity index (χ4v) is 3.68. The summed E-state index contributed by atoms with van der Waals surface area (Å²) in [5.41, 5.74) is 1.54. The van der Waals surface area contributed by atoms with Gasteiger partial charge in [-0.1, -0.05) is 0 Å². The summed E-state index contributed by atoms with van der Waals surface area (Å²) >= 11 is 1.84. The highest BCUT2D eigenvalue weighted by atomic mass is 32.1. The largest absolute Gasteiger partial charge is 0.497 e. The minimum Gasteiger partial charge on any atom is -0.497 e. The Bertz CT molecular complexity index is 514. The summed E-state index contributed by atoms with van der Waals surface area (Å²) in [5.74, 6) is 1.69. The molecule has 2 nitrogen and oxygen atoms in total. The molecule has 17 heavy (non-hydrogen) atoms. The van der Waals surface area contributed by atoms with Crippen LogP contribution in [0.2, 0.25) is 0 Å². The average molecular weight is 247 g/mol. The second kappa shape index (κ2) is 4.67. The van der Waals surface area contributed by atoms with Crippen LogP contribution in [0.1, 0.15) is 24.3 Å². The van der Waals surface area contributed by atoms with Crippen molar-refractivity contribution in [3.63, 3.8) is 0 Å². The molecule has 1 aromatic heterocycles. The number of hydrogen-bond acceptors (Lipinski definition) is 3. The van der Waals surface area contributed by atoms with Gasteiger partial charge in [-0.25, -0.2) is 0 Å². The standard InChI is InChI=1S/C14H17NOS/c1-16-11-2-3-12-13(9-17-14(12)8-11)10-4-6-15-7-5-10/h2-3,8-10,15H,4-7H2,1H3. The lowest BCUT2D eigenvalue weighted by atomic mass is 9.90. The van der Waals surface area contributed by atoms with Gasteiger partial charge in [-0.3, -0.25) is 0 Å². The van der Waals surface area contributed by atoms with E-state index < -0.39 is 0 Å². The molecule has 1 aliphatic rings. The first-order chi connectivity index (χ1) is 8.38. The first-order valence-electron chi connectivity index (χ1n) is 6.14. The van der Waals surface area contributed by atoms with Crippen molar-refractivity contribution in [2.24, 2.45) is 0 Å². The number of methoxy groups -OCH3 is 1. The van der Waals surface area contributed by atoms with Crippen LogP contribution >= 0.6 is 11.3 Å². The van der Waals surface area contributed by atoms with Crippen molar-refractivity contribution in [3.8, 4) is 5.75 Å². The molecule has 0 atom stereocenters. The number of ether oxygens (including phenoxy) is 1. The third kappa shape index (κ3) is 2.05. The van der Waals surface area contributed by atoms with Crippen molar-refractivity contribution < 1.29 is 4.74 Å². The number of thiophene rings is 1. The quantitative estimate of drug-likeness (QED) is 0.878. The maximum absolute atomic E-state index is 5.27. The average Bonchev–Trinajstić information content (AvgIpc) is 2.82. The Morgan fingerprint density at radius 1 is 1.29 bits per heavy atom. The lowest BCUT2D eigenvalue weighted by Crippen LogP contribution is -2.26. The number of benzene rings is 1. The van der Waals surface area contributed by atoms with Gasteiger partial charge in [-0.2, -0.15) is 0 Å². The van der Waals surface area contributed by atoms with Crippen molar-refractivity contribution in [2.75, 3.05) is 20.2 Å². The van der Waals surface area contributed by atoms with Gasteiger partial charge in [0.1, 0.15) is 5.75 Å². The van der Waals surface area contributed by atoms with Gasteiger partial charge in [0, 0.05) is 4.70 Å². The Morgan fingerprint density at radius 3 is 2.88 bits per heavy atom. The van der Waals surface area contributed by atoms with Crippen LogP contribution in [0.15, 0.2) is 23.6 Å². The number of rotatable bonds is 2. The SMILES string of the molecule is COc1ccc2c(C3CCNCC3)csc2c1. The molecule has 0 saturated carbocycles. The minimum atomic E-state index is 0.735. The second-order valence-electron chi connectivity index (χ2n) is 4.58. The molecule has 0 bridgehead atoms. The topological polar surface area (TPSA) is 21.3 Å². The van der Waals surface area contributed by atoms with E-state index in [0.717, 1.165) is 24.8 Å². The van der Waals surface area contributed by atoms with Crippen LogP contribution in [0, 0.1) is 0 Å². The molecule has 1 N–H and O–H groups in total. The molecule has 0 spiro atoms. The second-order valence-corrected chi connectivity index (χ2v) is 5.49. The van der Waals surface area contributed by atoms with Crippen LogP contribution in [0.25, 0.3) is 10.1 Å².